The zero-order valence-corrected chi connectivity index (χ0v) is 13.9. The fourth-order valence-electron chi connectivity index (χ4n) is 3.49. The lowest BCUT2D eigenvalue weighted by Gasteiger charge is -2.42. The van der Waals surface area contributed by atoms with Crippen LogP contribution in [0.3, 0.4) is 0 Å². The van der Waals surface area contributed by atoms with E-state index in [2.05, 4.69) is 5.32 Å². The molecule has 1 aromatic carbocycles. The molecule has 0 aromatic heterocycles. The molecule has 0 aliphatic carbocycles. The van der Waals surface area contributed by atoms with Crippen LogP contribution in [-0.4, -0.2) is 56.0 Å². The summed E-state index contributed by atoms with van der Waals surface area (Å²) in [5.41, 5.74) is -1.21. The van der Waals surface area contributed by atoms with Gasteiger partial charge in [0.15, 0.2) is 18.1 Å². The molecular formula is C17H20F2N2O4. The van der Waals surface area contributed by atoms with Crippen LogP contribution in [0, 0.1) is 5.41 Å². The number of rotatable bonds is 4. The number of alkyl halides is 2. The summed E-state index contributed by atoms with van der Waals surface area (Å²) in [4.78, 5) is 25.5. The number of methoxy groups -OCH3 is 1. The molecule has 2 amide bonds. The lowest BCUT2D eigenvalue weighted by Crippen LogP contribution is -2.57. The van der Waals surface area contributed by atoms with Gasteiger partial charge in [0.1, 0.15) is 0 Å². The number of carbonyl (C=O) groups is 2. The van der Waals surface area contributed by atoms with Gasteiger partial charge in [0, 0.05) is 19.5 Å². The standard InChI is InChI=1S/C17H20F2N2O4/c1-24-12-4-2-3-5-13(12)25-8-14(22)21-10-16(6-7-20-15(16)23)9-17(18,19)11-21/h2-5H,6-11H2,1H3,(H,20,23)/t16-/m1/s1. The zero-order chi connectivity index (χ0) is 18.1. The van der Waals surface area contributed by atoms with Crippen LogP contribution >= 0.6 is 0 Å². The van der Waals surface area contributed by atoms with Crippen molar-refractivity contribution in [2.24, 2.45) is 5.41 Å². The Bertz CT molecular complexity index is 682. The van der Waals surface area contributed by atoms with Crippen molar-refractivity contribution in [1.29, 1.82) is 0 Å². The van der Waals surface area contributed by atoms with E-state index in [0.717, 1.165) is 4.90 Å². The van der Waals surface area contributed by atoms with Crippen molar-refractivity contribution in [2.75, 3.05) is 33.4 Å². The number of para-hydroxylation sites is 2. The van der Waals surface area contributed by atoms with Crippen molar-refractivity contribution >= 4 is 11.8 Å². The van der Waals surface area contributed by atoms with E-state index in [-0.39, 0.29) is 6.54 Å². The number of amides is 2. The number of nitrogens with one attached hydrogen (secondary N) is 1. The van der Waals surface area contributed by atoms with Crippen LogP contribution in [0.1, 0.15) is 12.8 Å². The molecule has 8 heteroatoms. The van der Waals surface area contributed by atoms with Crippen LogP contribution < -0.4 is 14.8 Å². The van der Waals surface area contributed by atoms with Gasteiger partial charge in [-0.15, -0.1) is 0 Å². The fourth-order valence-corrected chi connectivity index (χ4v) is 3.49. The van der Waals surface area contributed by atoms with E-state index in [0.29, 0.717) is 24.5 Å². The molecule has 6 nitrogen and oxygen atoms in total. The second-order valence-corrected chi connectivity index (χ2v) is 6.51. The summed E-state index contributed by atoms with van der Waals surface area (Å²) in [6.45, 7) is -0.749. The summed E-state index contributed by atoms with van der Waals surface area (Å²) in [7, 11) is 1.47. The average molecular weight is 354 g/mol. The topological polar surface area (TPSA) is 67.9 Å². The fraction of sp³-hybridized carbons (Fsp3) is 0.529. The number of hydrogen-bond donors (Lipinski definition) is 1. The molecule has 2 aliphatic rings. The summed E-state index contributed by atoms with van der Waals surface area (Å²) in [5.74, 6) is -3.28. The summed E-state index contributed by atoms with van der Waals surface area (Å²) in [5, 5.41) is 2.59. The third kappa shape index (κ3) is 3.52. The highest BCUT2D eigenvalue weighted by molar-refractivity contribution is 5.86. The van der Waals surface area contributed by atoms with Gasteiger partial charge in [-0.1, -0.05) is 12.1 Å². The van der Waals surface area contributed by atoms with Crippen molar-refractivity contribution in [3.63, 3.8) is 0 Å². The maximum Gasteiger partial charge on any atom is 0.266 e. The quantitative estimate of drug-likeness (QED) is 0.889. The Balaban J connectivity index is 1.70. The molecule has 25 heavy (non-hydrogen) atoms. The number of hydrogen-bond acceptors (Lipinski definition) is 4. The minimum Gasteiger partial charge on any atom is -0.493 e. The van der Waals surface area contributed by atoms with Crippen LogP contribution in [0.15, 0.2) is 24.3 Å². The van der Waals surface area contributed by atoms with Gasteiger partial charge in [0.25, 0.3) is 11.8 Å². The van der Waals surface area contributed by atoms with E-state index in [1.807, 2.05) is 0 Å². The maximum atomic E-state index is 14.1. The first-order valence-electron chi connectivity index (χ1n) is 8.05. The summed E-state index contributed by atoms with van der Waals surface area (Å²) >= 11 is 0. The first-order valence-corrected chi connectivity index (χ1v) is 8.05. The monoisotopic (exact) mass is 354 g/mol. The van der Waals surface area contributed by atoms with Gasteiger partial charge in [0.05, 0.1) is 19.1 Å². The van der Waals surface area contributed by atoms with Crippen molar-refractivity contribution in [3.05, 3.63) is 24.3 Å². The second kappa shape index (κ2) is 6.50. The van der Waals surface area contributed by atoms with Crippen molar-refractivity contribution < 1.29 is 27.8 Å². The van der Waals surface area contributed by atoms with Gasteiger partial charge in [-0.2, -0.15) is 0 Å². The van der Waals surface area contributed by atoms with Crippen LogP contribution in [0.2, 0.25) is 0 Å². The van der Waals surface area contributed by atoms with Gasteiger partial charge >= 0.3 is 0 Å². The SMILES string of the molecule is COc1ccccc1OCC(=O)N1CC(F)(F)C[C@]2(CCNC2=O)C1. The van der Waals surface area contributed by atoms with E-state index >= 15 is 0 Å². The minimum atomic E-state index is -3.10. The lowest BCUT2D eigenvalue weighted by molar-refractivity contribution is -0.161. The number of carbonyl (C=O) groups excluding carboxylic acids is 2. The molecule has 1 atom stereocenters. The lowest BCUT2D eigenvalue weighted by atomic mass is 9.77. The third-order valence-electron chi connectivity index (χ3n) is 4.66. The first kappa shape index (κ1) is 17.4. The van der Waals surface area contributed by atoms with E-state index in [1.54, 1.807) is 24.3 Å². The predicted molar refractivity (Wildman–Crippen MR) is 84.7 cm³/mol. The Labute approximate surface area is 144 Å². The highest BCUT2D eigenvalue weighted by atomic mass is 19.3. The molecule has 0 bridgehead atoms. The van der Waals surface area contributed by atoms with E-state index < -0.39 is 42.7 Å². The molecule has 2 fully saturated rings. The molecular weight excluding hydrogens is 334 g/mol. The maximum absolute atomic E-state index is 14.1. The van der Waals surface area contributed by atoms with Crippen molar-refractivity contribution in [3.8, 4) is 11.5 Å². The minimum absolute atomic E-state index is 0.0114. The van der Waals surface area contributed by atoms with Gasteiger partial charge in [0.2, 0.25) is 5.91 Å². The zero-order valence-electron chi connectivity index (χ0n) is 13.9. The molecule has 0 radical (unpaired) electrons. The van der Waals surface area contributed by atoms with Crippen LogP contribution in [0.5, 0.6) is 11.5 Å². The molecule has 2 aliphatic heterocycles. The molecule has 1 spiro atoms. The van der Waals surface area contributed by atoms with Gasteiger partial charge in [-0.05, 0) is 18.6 Å². The molecule has 1 aromatic rings. The van der Waals surface area contributed by atoms with E-state index in [4.69, 9.17) is 9.47 Å². The van der Waals surface area contributed by atoms with Crippen molar-refractivity contribution in [2.45, 2.75) is 18.8 Å². The van der Waals surface area contributed by atoms with Crippen LogP contribution in [0.25, 0.3) is 0 Å². The Hall–Kier alpha value is -2.38. The molecule has 136 valence electrons. The number of benzene rings is 1. The number of ether oxygens (including phenoxy) is 2. The van der Waals surface area contributed by atoms with Crippen LogP contribution in [-0.2, 0) is 9.59 Å². The van der Waals surface area contributed by atoms with E-state index in [1.165, 1.54) is 7.11 Å². The molecule has 0 saturated carbocycles. The number of halogens is 2. The summed E-state index contributed by atoms with van der Waals surface area (Å²) < 4.78 is 38.8. The highest BCUT2D eigenvalue weighted by Crippen LogP contribution is 2.43. The van der Waals surface area contributed by atoms with Gasteiger partial charge in [-0.25, -0.2) is 8.78 Å². The van der Waals surface area contributed by atoms with Crippen LogP contribution in [0.4, 0.5) is 8.78 Å². The average Bonchev–Trinajstić information content (AvgIpc) is 2.90. The predicted octanol–water partition coefficient (Wildman–Crippen LogP) is 1.45. The highest BCUT2D eigenvalue weighted by Gasteiger charge is 2.55. The Morgan fingerprint density at radius 2 is 2.00 bits per heavy atom. The number of piperidine rings is 1. The van der Waals surface area contributed by atoms with Gasteiger partial charge < -0.3 is 19.7 Å². The molecule has 2 heterocycles. The first-order chi connectivity index (χ1) is 11.9. The van der Waals surface area contributed by atoms with E-state index in [9.17, 15) is 18.4 Å². The summed E-state index contributed by atoms with van der Waals surface area (Å²) in [6.07, 6.45) is -0.221. The molecule has 3 rings (SSSR count). The molecule has 1 N–H and O–H groups in total. The molecule has 0 unspecified atom stereocenters. The van der Waals surface area contributed by atoms with Gasteiger partial charge in [-0.3, -0.25) is 9.59 Å². The smallest absolute Gasteiger partial charge is 0.266 e. The number of likely N-dealkylation sites (tertiary alicyclic amines) is 1. The summed E-state index contributed by atoms with van der Waals surface area (Å²) in [6, 6.07) is 6.77. The third-order valence-corrected chi connectivity index (χ3v) is 4.66. The van der Waals surface area contributed by atoms with Crippen molar-refractivity contribution in [1.82, 2.24) is 10.2 Å². The second-order valence-electron chi connectivity index (χ2n) is 6.51. The Morgan fingerprint density at radius 3 is 2.64 bits per heavy atom. The normalized spacial score (nSPS) is 24.9. The molecule has 2 saturated heterocycles. The Morgan fingerprint density at radius 1 is 1.28 bits per heavy atom. The Kier molecular flexibility index (Phi) is 4.53. The number of nitrogens with zero attached hydrogens (tertiary/aromatic N) is 1. The largest absolute Gasteiger partial charge is 0.493 e.